The lowest BCUT2D eigenvalue weighted by atomic mass is 10.0. The van der Waals surface area contributed by atoms with Gasteiger partial charge in [-0.05, 0) is 36.6 Å². The lowest BCUT2D eigenvalue weighted by Gasteiger charge is -2.18. The number of aromatic nitrogens is 2. The number of hydrogen-bond donors (Lipinski definition) is 2. The van der Waals surface area contributed by atoms with Crippen molar-refractivity contribution in [2.75, 3.05) is 6.54 Å². The van der Waals surface area contributed by atoms with Crippen molar-refractivity contribution in [3.8, 4) is 5.75 Å². The van der Waals surface area contributed by atoms with E-state index >= 15 is 0 Å². The van der Waals surface area contributed by atoms with Gasteiger partial charge in [0, 0.05) is 24.6 Å². The van der Waals surface area contributed by atoms with E-state index in [0.717, 1.165) is 6.42 Å². The minimum Gasteiger partial charge on any atom is -0.485 e. The van der Waals surface area contributed by atoms with Crippen molar-refractivity contribution in [2.45, 2.75) is 46.3 Å². The Morgan fingerprint density at radius 1 is 1.31 bits per heavy atom. The van der Waals surface area contributed by atoms with Gasteiger partial charge >= 0.3 is 0 Å². The number of carbonyl (C=O) groups is 1. The monoisotopic (exact) mass is 382 g/mol. The SMILES string of the molecule is CCc1nc(COc2ccc(C(=O)NC(CN)CC(C)C)cc2)no1.Cl. The van der Waals surface area contributed by atoms with E-state index in [2.05, 4.69) is 29.3 Å². The summed E-state index contributed by atoms with van der Waals surface area (Å²) in [5, 5.41) is 6.79. The third-order valence-corrected chi connectivity index (χ3v) is 3.67. The molecular formula is C18H27ClN4O3. The Morgan fingerprint density at radius 3 is 2.54 bits per heavy atom. The summed E-state index contributed by atoms with van der Waals surface area (Å²) < 4.78 is 10.6. The number of benzene rings is 1. The molecular weight excluding hydrogens is 356 g/mol. The number of halogens is 1. The van der Waals surface area contributed by atoms with Crippen molar-refractivity contribution in [3.63, 3.8) is 0 Å². The zero-order chi connectivity index (χ0) is 18.2. The minimum absolute atomic E-state index is 0. The highest BCUT2D eigenvalue weighted by atomic mass is 35.5. The van der Waals surface area contributed by atoms with Gasteiger partial charge in [0.1, 0.15) is 5.75 Å². The van der Waals surface area contributed by atoms with E-state index < -0.39 is 0 Å². The predicted octanol–water partition coefficient (Wildman–Crippen LogP) is 2.74. The Bertz CT molecular complexity index is 673. The van der Waals surface area contributed by atoms with Crippen molar-refractivity contribution in [1.82, 2.24) is 15.5 Å². The van der Waals surface area contributed by atoms with Crippen LogP contribution in [-0.2, 0) is 13.0 Å². The first-order valence-corrected chi connectivity index (χ1v) is 8.57. The fourth-order valence-electron chi connectivity index (χ4n) is 2.39. The van der Waals surface area contributed by atoms with Crippen LogP contribution >= 0.6 is 12.4 Å². The molecule has 1 atom stereocenters. The topological polar surface area (TPSA) is 103 Å². The molecule has 0 spiro atoms. The first-order chi connectivity index (χ1) is 12.0. The van der Waals surface area contributed by atoms with Gasteiger partial charge in [-0.2, -0.15) is 4.98 Å². The fourth-order valence-corrected chi connectivity index (χ4v) is 2.39. The van der Waals surface area contributed by atoms with Crippen molar-refractivity contribution in [1.29, 1.82) is 0 Å². The molecule has 0 bridgehead atoms. The highest BCUT2D eigenvalue weighted by Crippen LogP contribution is 2.14. The highest BCUT2D eigenvalue weighted by molar-refractivity contribution is 5.94. The van der Waals surface area contributed by atoms with E-state index in [1.54, 1.807) is 24.3 Å². The number of nitrogens with zero attached hydrogens (tertiary/aromatic N) is 2. The summed E-state index contributed by atoms with van der Waals surface area (Å²) >= 11 is 0. The quantitative estimate of drug-likeness (QED) is 0.691. The van der Waals surface area contributed by atoms with Crippen LogP contribution in [0.3, 0.4) is 0 Å². The number of amides is 1. The molecule has 1 aromatic carbocycles. The summed E-state index contributed by atoms with van der Waals surface area (Å²) in [6, 6.07) is 6.92. The van der Waals surface area contributed by atoms with Crippen LogP contribution in [0.1, 0.15) is 49.3 Å². The Labute approximate surface area is 160 Å². The second kappa shape index (κ2) is 10.8. The lowest BCUT2D eigenvalue weighted by Crippen LogP contribution is -2.41. The second-order valence-corrected chi connectivity index (χ2v) is 6.31. The molecule has 144 valence electrons. The van der Waals surface area contributed by atoms with Gasteiger partial charge in [-0.3, -0.25) is 4.79 Å². The molecule has 0 radical (unpaired) electrons. The standard InChI is InChI=1S/C18H26N4O3.ClH/c1-4-17-21-16(22-25-17)11-24-15-7-5-13(6-8-15)18(23)20-14(10-19)9-12(2)3;/h5-8,12,14H,4,9-11,19H2,1-3H3,(H,20,23);1H. The van der Waals surface area contributed by atoms with E-state index in [-0.39, 0.29) is 31.0 Å². The summed E-state index contributed by atoms with van der Waals surface area (Å²) in [6.45, 7) is 6.80. The molecule has 26 heavy (non-hydrogen) atoms. The van der Waals surface area contributed by atoms with Crippen LogP contribution < -0.4 is 15.8 Å². The molecule has 2 rings (SSSR count). The Hall–Kier alpha value is -2.12. The number of hydrogen-bond acceptors (Lipinski definition) is 6. The molecule has 0 aliphatic rings. The van der Waals surface area contributed by atoms with Crippen LogP contribution in [0, 0.1) is 5.92 Å². The van der Waals surface area contributed by atoms with Crippen LogP contribution in [0.15, 0.2) is 28.8 Å². The van der Waals surface area contributed by atoms with Gasteiger partial charge in [0.25, 0.3) is 5.91 Å². The highest BCUT2D eigenvalue weighted by Gasteiger charge is 2.14. The smallest absolute Gasteiger partial charge is 0.251 e. The molecule has 2 aromatic rings. The van der Waals surface area contributed by atoms with Gasteiger partial charge < -0.3 is 20.3 Å². The maximum Gasteiger partial charge on any atom is 0.251 e. The van der Waals surface area contributed by atoms with E-state index in [0.29, 0.717) is 41.9 Å². The second-order valence-electron chi connectivity index (χ2n) is 6.31. The maximum absolute atomic E-state index is 12.3. The van der Waals surface area contributed by atoms with Gasteiger partial charge in [0.2, 0.25) is 11.7 Å². The molecule has 1 amide bonds. The Kier molecular flexibility index (Phi) is 9.09. The molecule has 1 unspecified atom stereocenters. The molecule has 7 nitrogen and oxygen atoms in total. The number of nitrogens with two attached hydrogens (primary N) is 1. The molecule has 1 aromatic heterocycles. The molecule has 0 fully saturated rings. The van der Waals surface area contributed by atoms with Crippen LogP contribution in [0.5, 0.6) is 5.75 Å². The number of carbonyl (C=O) groups excluding carboxylic acids is 1. The molecule has 0 aliphatic carbocycles. The van der Waals surface area contributed by atoms with Crippen molar-refractivity contribution < 1.29 is 14.1 Å². The molecule has 8 heteroatoms. The van der Waals surface area contributed by atoms with Crippen LogP contribution in [-0.4, -0.2) is 28.6 Å². The summed E-state index contributed by atoms with van der Waals surface area (Å²) in [5.74, 6) is 2.06. The van der Waals surface area contributed by atoms with Gasteiger partial charge in [-0.1, -0.05) is 25.9 Å². The average molecular weight is 383 g/mol. The van der Waals surface area contributed by atoms with Crippen LogP contribution in [0.25, 0.3) is 0 Å². The summed E-state index contributed by atoms with van der Waals surface area (Å²) in [5.41, 5.74) is 6.30. The average Bonchev–Trinajstić information content (AvgIpc) is 3.07. The van der Waals surface area contributed by atoms with Crippen molar-refractivity contribution in [3.05, 3.63) is 41.5 Å². The molecule has 1 heterocycles. The van der Waals surface area contributed by atoms with Gasteiger partial charge in [-0.25, -0.2) is 0 Å². The number of rotatable bonds is 9. The van der Waals surface area contributed by atoms with Crippen molar-refractivity contribution in [2.24, 2.45) is 11.7 Å². The third kappa shape index (κ3) is 6.65. The van der Waals surface area contributed by atoms with E-state index in [9.17, 15) is 4.79 Å². The van der Waals surface area contributed by atoms with Crippen LogP contribution in [0.2, 0.25) is 0 Å². The van der Waals surface area contributed by atoms with Gasteiger partial charge in [0.15, 0.2) is 6.61 Å². The number of aryl methyl sites for hydroxylation is 1. The summed E-state index contributed by atoms with van der Waals surface area (Å²) in [6.07, 6.45) is 1.55. The largest absolute Gasteiger partial charge is 0.485 e. The Balaban J connectivity index is 0.00000338. The lowest BCUT2D eigenvalue weighted by molar-refractivity contribution is 0.0933. The van der Waals surface area contributed by atoms with E-state index in [1.165, 1.54) is 0 Å². The normalized spacial score (nSPS) is 11.7. The molecule has 0 saturated heterocycles. The molecule has 0 aliphatic heterocycles. The first-order valence-electron chi connectivity index (χ1n) is 8.57. The molecule has 3 N–H and O–H groups in total. The number of nitrogens with one attached hydrogen (secondary N) is 1. The summed E-state index contributed by atoms with van der Waals surface area (Å²) in [4.78, 5) is 16.5. The Morgan fingerprint density at radius 2 is 2.00 bits per heavy atom. The zero-order valence-corrected chi connectivity index (χ0v) is 16.2. The van der Waals surface area contributed by atoms with Gasteiger partial charge in [0.05, 0.1) is 0 Å². The van der Waals surface area contributed by atoms with Gasteiger partial charge in [-0.15, -0.1) is 12.4 Å². The minimum atomic E-state index is -0.131. The molecule has 0 saturated carbocycles. The predicted molar refractivity (Wildman–Crippen MR) is 101 cm³/mol. The maximum atomic E-state index is 12.3. The fraction of sp³-hybridized carbons (Fsp3) is 0.500. The zero-order valence-electron chi connectivity index (χ0n) is 15.4. The summed E-state index contributed by atoms with van der Waals surface area (Å²) in [7, 11) is 0. The van der Waals surface area contributed by atoms with Crippen molar-refractivity contribution >= 4 is 18.3 Å². The number of ether oxygens (including phenoxy) is 1. The van der Waals surface area contributed by atoms with E-state index in [4.69, 9.17) is 15.0 Å². The third-order valence-electron chi connectivity index (χ3n) is 3.67. The van der Waals surface area contributed by atoms with E-state index in [1.807, 2.05) is 6.92 Å². The first kappa shape index (κ1) is 21.9. The van der Waals surface area contributed by atoms with Crippen LogP contribution in [0.4, 0.5) is 0 Å².